The summed E-state index contributed by atoms with van der Waals surface area (Å²) in [6.45, 7) is 2.16. The molecule has 1 aromatic heterocycles. The van der Waals surface area contributed by atoms with Gasteiger partial charge in [-0.3, -0.25) is 10.1 Å². The molecule has 156 valence electrons. The molecule has 0 aliphatic heterocycles. The smallest absolute Gasteiger partial charge is 0.321 e. The SMILES string of the molecule is CCCCc1nc(-c2ccc(OCC(=O)NC(=O)NCc3ccccc3)cc2)no1. The lowest BCUT2D eigenvalue weighted by molar-refractivity contribution is -0.122. The first-order valence-electron chi connectivity index (χ1n) is 9.81. The molecular weight excluding hydrogens is 384 g/mol. The number of aryl methyl sites for hydroxylation is 1. The lowest BCUT2D eigenvalue weighted by Crippen LogP contribution is -2.41. The first kappa shape index (κ1) is 21.0. The molecule has 2 N–H and O–H groups in total. The first-order valence-corrected chi connectivity index (χ1v) is 9.81. The van der Waals surface area contributed by atoms with E-state index in [1.807, 2.05) is 30.3 Å². The van der Waals surface area contributed by atoms with E-state index in [1.165, 1.54) is 0 Å². The third-order valence-corrected chi connectivity index (χ3v) is 4.24. The predicted molar refractivity (Wildman–Crippen MR) is 111 cm³/mol. The minimum atomic E-state index is -0.571. The van der Waals surface area contributed by atoms with Crippen molar-refractivity contribution in [3.8, 4) is 17.1 Å². The van der Waals surface area contributed by atoms with E-state index in [9.17, 15) is 9.59 Å². The van der Waals surface area contributed by atoms with Gasteiger partial charge < -0.3 is 14.6 Å². The summed E-state index contributed by atoms with van der Waals surface area (Å²) >= 11 is 0. The summed E-state index contributed by atoms with van der Waals surface area (Å²) in [6.07, 6.45) is 2.82. The second-order valence-electron chi connectivity index (χ2n) is 6.64. The van der Waals surface area contributed by atoms with E-state index in [1.54, 1.807) is 24.3 Å². The molecule has 30 heavy (non-hydrogen) atoms. The fourth-order valence-electron chi connectivity index (χ4n) is 2.64. The average Bonchev–Trinajstić information content (AvgIpc) is 3.25. The molecule has 0 saturated heterocycles. The fraction of sp³-hybridized carbons (Fsp3) is 0.273. The number of benzene rings is 2. The lowest BCUT2D eigenvalue weighted by Gasteiger charge is -2.08. The van der Waals surface area contributed by atoms with Gasteiger partial charge in [0, 0.05) is 18.5 Å². The van der Waals surface area contributed by atoms with Crippen LogP contribution in [0.2, 0.25) is 0 Å². The quantitative estimate of drug-likeness (QED) is 0.561. The number of ether oxygens (including phenoxy) is 1. The Morgan fingerprint density at radius 2 is 1.83 bits per heavy atom. The molecule has 0 spiro atoms. The highest BCUT2D eigenvalue weighted by molar-refractivity contribution is 5.94. The normalized spacial score (nSPS) is 10.4. The van der Waals surface area contributed by atoms with Crippen molar-refractivity contribution in [3.05, 3.63) is 66.1 Å². The molecule has 3 rings (SSSR count). The number of hydrogen-bond acceptors (Lipinski definition) is 6. The van der Waals surface area contributed by atoms with Crippen LogP contribution in [0.25, 0.3) is 11.4 Å². The average molecular weight is 408 g/mol. The monoisotopic (exact) mass is 408 g/mol. The second kappa shape index (κ2) is 10.8. The Morgan fingerprint density at radius 3 is 2.57 bits per heavy atom. The summed E-state index contributed by atoms with van der Waals surface area (Å²) in [7, 11) is 0. The molecule has 0 aliphatic rings. The number of nitrogens with zero attached hydrogens (tertiary/aromatic N) is 2. The van der Waals surface area contributed by atoms with Gasteiger partial charge in [-0.05, 0) is 36.2 Å². The van der Waals surface area contributed by atoms with Crippen molar-refractivity contribution in [3.63, 3.8) is 0 Å². The number of carbonyl (C=O) groups excluding carboxylic acids is 2. The maximum Gasteiger partial charge on any atom is 0.321 e. The maximum atomic E-state index is 11.9. The van der Waals surface area contributed by atoms with Crippen molar-refractivity contribution in [2.45, 2.75) is 32.7 Å². The molecule has 0 aliphatic carbocycles. The van der Waals surface area contributed by atoms with E-state index in [0.29, 0.717) is 24.0 Å². The highest BCUT2D eigenvalue weighted by Gasteiger charge is 2.10. The molecule has 0 bridgehead atoms. The number of amides is 3. The van der Waals surface area contributed by atoms with Crippen LogP contribution in [0.3, 0.4) is 0 Å². The summed E-state index contributed by atoms with van der Waals surface area (Å²) in [4.78, 5) is 28.0. The van der Waals surface area contributed by atoms with Crippen molar-refractivity contribution in [2.75, 3.05) is 6.61 Å². The summed E-state index contributed by atoms with van der Waals surface area (Å²) in [5.74, 6) is 1.09. The number of unbranched alkanes of at least 4 members (excludes halogenated alkanes) is 1. The summed E-state index contributed by atoms with van der Waals surface area (Å²) in [6, 6.07) is 15.8. The Morgan fingerprint density at radius 1 is 1.07 bits per heavy atom. The van der Waals surface area contributed by atoms with Crippen LogP contribution in [0.5, 0.6) is 5.75 Å². The Hall–Kier alpha value is -3.68. The van der Waals surface area contributed by atoms with Gasteiger partial charge in [0.05, 0.1) is 0 Å². The number of aromatic nitrogens is 2. The highest BCUT2D eigenvalue weighted by Crippen LogP contribution is 2.20. The lowest BCUT2D eigenvalue weighted by atomic mass is 10.2. The Bertz CT molecular complexity index is 955. The molecule has 8 nitrogen and oxygen atoms in total. The zero-order chi connectivity index (χ0) is 21.2. The van der Waals surface area contributed by atoms with Crippen LogP contribution < -0.4 is 15.4 Å². The Balaban J connectivity index is 1.42. The zero-order valence-electron chi connectivity index (χ0n) is 16.8. The van der Waals surface area contributed by atoms with Gasteiger partial charge >= 0.3 is 6.03 Å². The van der Waals surface area contributed by atoms with Gasteiger partial charge in [-0.2, -0.15) is 4.98 Å². The molecule has 2 aromatic carbocycles. The molecule has 0 saturated carbocycles. The minimum Gasteiger partial charge on any atom is -0.484 e. The van der Waals surface area contributed by atoms with Crippen LogP contribution in [0.1, 0.15) is 31.2 Å². The summed E-state index contributed by atoms with van der Waals surface area (Å²) in [5, 5.41) is 8.83. The van der Waals surface area contributed by atoms with E-state index < -0.39 is 11.9 Å². The Labute approximate surface area is 174 Å². The number of carbonyl (C=O) groups is 2. The fourth-order valence-corrected chi connectivity index (χ4v) is 2.64. The van der Waals surface area contributed by atoms with Gasteiger partial charge in [0.1, 0.15) is 5.75 Å². The third kappa shape index (κ3) is 6.44. The van der Waals surface area contributed by atoms with Gasteiger partial charge in [0.2, 0.25) is 11.7 Å². The van der Waals surface area contributed by atoms with E-state index >= 15 is 0 Å². The summed E-state index contributed by atoms with van der Waals surface area (Å²) < 4.78 is 10.7. The van der Waals surface area contributed by atoms with Crippen LogP contribution in [0.4, 0.5) is 4.79 Å². The molecule has 0 atom stereocenters. The van der Waals surface area contributed by atoms with Crippen molar-refractivity contribution in [2.24, 2.45) is 0 Å². The van der Waals surface area contributed by atoms with Crippen LogP contribution in [0, 0.1) is 0 Å². The second-order valence-corrected chi connectivity index (χ2v) is 6.64. The molecular formula is C22H24N4O4. The van der Waals surface area contributed by atoms with Gasteiger partial charge in [0.15, 0.2) is 6.61 Å². The van der Waals surface area contributed by atoms with Crippen LogP contribution in [0.15, 0.2) is 59.1 Å². The van der Waals surface area contributed by atoms with Crippen molar-refractivity contribution >= 4 is 11.9 Å². The molecule has 0 radical (unpaired) electrons. The molecule has 0 fully saturated rings. The molecule has 3 aromatic rings. The number of hydrogen-bond donors (Lipinski definition) is 2. The van der Waals surface area contributed by atoms with Crippen molar-refractivity contribution < 1.29 is 18.8 Å². The van der Waals surface area contributed by atoms with Crippen LogP contribution >= 0.6 is 0 Å². The van der Waals surface area contributed by atoms with Gasteiger partial charge in [0.25, 0.3) is 5.91 Å². The van der Waals surface area contributed by atoms with Gasteiger partial charge in [-0.25, -0.2) is 4.79 Å². The van der Waals surface area contributed by atoms with Crippen molar-refractivity contribution in [1.82, 2.24) is 20.8 Å². The predicted octanol–water partition coefficient (Wildman–Crippen LogP) is 3.48. The van der Waals surface area contributed by atoms with Gasteiger partial charge in [-0.15, -0.1) is 0 Å². The number of urea groups is 1. The van der Waals surface area contributed by atoms with E-state index in [0.717, 1.165) is 30.4 Å². The first-order chi connectivity index (χ1) is 14.6. The van der Waals surface area contributed by atoms with Crippen molar-refractivity contribution in [1.29, 1.82) is 0 Å². The van der Waals surface area contributed by atoms with E-state index in [2.05, 4.69) is 27.7 Å². The molecule has 1 heterocycles. The standard InChI is InChI=1S/C22H24N4O4/c1-2-3-9-20-25-21(26-30-20)17-10-12-18(13-11-17)29-15-19(27)24-22(28)23-14-16-7-5-4-6-8-16/h4-8,10-13H,2-3,9,14-15H2,1H3,(H2,23,24,27,28). The van der Waals surface area contributed by atoms with Gasteiger partial charge in [-0.1, -0.05) is 48.8 Å². The molecule has 8 heteroatoms. The molecule has 0 unspecified atom stereocenters. The van der Waals surface area contributed by atoms with Crippen LogP contribution in [-0.2, 0) is 17.8 Å². The van der Waals surface area contributed by atoms with E-state index in [-0.39, 0.29) is 6.61 Å². The number of imide groups is 1. The topological polar surface area (TPSA) is 106 Å². The Kier molecular flexibility index (Phi) is 7.54. The molecule has 3 amide bonds. The maximum absolute atomic E-state index is 11.9. The van der Waals surface area contributed by atoms with E-state index in [4.69, 9.17) is 9.26 Å². The largest absolute Gasteiger partial charge is 0.484 e. The zero-order valence-corrected chi connectivity index (χ0v) is 16.8. The number of nitrogens with one attached hydrogen (secondary N) is 2. The highest BCUT2D eigenvalue weighted by atomic mass is 16.5. The third-order valence-electron chi connectivity index (χ3n) is 4.24. The number of rotatable bonds is 9. The minimum absolute atomic E-state index is 0.276. The van der Waals surface area contributed by atoms with Crippen LogP contribution in [-0.4, -0.2) is 28.7 Å². The summed E-state index contributed by atoms with van der Waals surface area (Å²) in [5.41, 5.74) is 1.73.